The van der Waals surface area contributed by atoms with Crippen LogP contribution in [0.25, 0.3) is 22.6 Å². The fourth-order valence-electron chi connectivity index (χ4n) is 2.20. The molecule has 0 saturated carbocycles. The third kappa shape index (κ3) is 3.61. The molecule has 1 aromatic heterocycles. The molecule has 0 amide bonds. The first kappa shape index (κ1) is 14.9. The van der Waals surface area contributed by atoms with Gasteiger partial charge in [-0.1, -0.05) is 36.4 Å². The summed E-state index contributed by atoms with van der Waals surface area (Å²) in [7, 11) is 0. The quantitative estimate of drug-likeness (QED) is 0.703. The SMILES string of the molecule is C=CCNc1cc(-c2ccc(F)cc2)nc(-c2ccccc2)n1. The van der Waals surface area contributed by atoms with Crippen molar-refractivity contribution in [2.24, 2.45) is 0 Å². The molecule has 0 unspecified atom stereocenters. The molecule has 3 aromatic rings. The van der Waals surface area contributed by atoms with Crippen molar-refractivity contribution < 1.29 is 4.39 Å². The molecule has 4 heteroatoms. The lowest BCUT2D eigenvalue weighted by Crippen LogP contribution is -2.03. The molecule has 114 valence electrons. The minimum atomic E-state index is -0.268. The van der Waals surface area contributed by atoms with Crippen LogP contribution in [0.15, 0.2) is 73.3 Å². The molecule has 0 fully saturated rings. The van der Waals surface area contributed by atoms with Gasteiger partial charge in [0.2, 0.25) is 0 Å². The maximum atomic E-state index is 13.1. The summed E-state index contributed by atoms with van der Waals surface area (Å²) in [5.74, 6) is 1.06. The van der Waals surface area contributed by atoms with E-state index in [4.69, 9.17) is 0 Å². The molecule has 0 aliphatic heterocycles. The normalized spacial score (nSPS) is 10.3. The lowest BCUT2D eigenvalue weighted by Gasteiger charge is -2.09. The summed E-state index contributed by atoms with van der Waals surface area (Å²) >= 11 is 0. The van der Waals surface area contributed by atoms with Crippen LogP contribution in [0.2, 0.25) is 0 Å². The molecule has 0 bridgehead atoms. The summed E-state index contributed by atoms with van der Waals surface area (Å²) in [5.41, 5.74) is 2.51. The maximum Gasteiger partial charge on any atom is 0.162 e. The van der Waals surface area contributed by atoms with E-state index in [2.05, 4.69) is 21.9 Å². The minimum Gasteiger partial charge on any atom is -0.366 e. The van der Waals surface area contributed by atoms with Crippen molar-refractivity contribution in [1.29, 1.82) is 0 Å². The molecule has 0 radical (unpaired) electrons. The number of halogens is 1. The number of nitrogens with one attached hydrogen (secondary N) is 1. The summed E-state index contributed by atoms with van der Waals surface area (Å²) in [5, 5.41) is 3.18. The molecule has 0 saturated heterocycles. The molecule has 0 atom stereocenters. The Morgan fingerprint density at radius 1 is 0.957 bits per heavy atom. The van der Waals surface area contributed by atoms with Crippen molar-refractivity contribution in [3.63, 3.8) is 0 Å². The van der Waals surface area contributed by atoms with Crippen LogP contribution in [0.4, 0.5) is 10.2 Å². The highest BCUT2D eigenvalue weighted by molar-refractivity contribution is 5.67. The Morgan fingerprint density at radius 2 is 1.70 bits per heavy atom. The zero-order chi connectivity index (χ0) is 16.1. The highest BCUT2D eigenvalue weighted by Crippen LogP contribution is 2.24. The largest absolute Gasteiger partial charge is 0.366 e. The van der Waals surface area contributed by atoms with Crippen LogP contribution in [-0.2, 0) is 0 Å². The Morgan fingerprint density at radius 3 is 2.39 bits per heavy atom. The number of hydrogen-bond donors (Lipinski definition) is 1. The van der Waals surface area contributed by atoms with Crippen LogP contribution >= 0.6 is 0 Å². The third-order valence-corrected chi connectivity index (χ3v) is 3.33. The molecule has 0 aliphatic carbocycles. The fourth-order valence-corrected chi connectivity index (χ4v) is 2.20. The predicted octanol–water partition coefficient (Wildman–Crippen LogP) is 4.55. The zero-order valence-electron chi connectivity index (χ0n) is 12.5. The van der Waals surface area contributed by atoms with Gasteiger partial charge in [-0.25, -0.2) is 14.4 Å². The van der Waals surface area contributed by atoms with Gasteiger partial charge in [-0.2, -0.15) is 0 Å². The van der Waals surface area contributed by atoms with Gasteiger partial charge in [0.05, 0.1) is 5.69 Å². The van der Waals surface area contributed by atoms with Crippen LogP contribution < -0.4 is 5.32 Å². The molecule has 3 nitrogen and oxygen atoms in total. The van der Waals surface area contributed by atoms with Crippen molar-refractivity contribution in [1.82, 2.24) is 9.97 Å². The topological polar surface area (TPSA) is 37.8 Å². The fraction of sp³-hybridized carbons (Fsp3) is 0.0526. The molecule has 23 heavy (non-hydrogen) atoms. The lowest BCUT2D eigenvalue weighted by atomic mass is 10.1. The van der Waals surface area contributed by atoms with Crippen LogP contribution in [-0.4, -0.2) is 16.5 Å². The average molecular weight is 305 g/mol. The van der Waals surface area contributed by atoms with E-state index in [0.717, 1.165) is 16.8 Å². The second kappa shape index (κ2) is 6.83. The van der Waals surface area contributed by atoms with Gasteiger partial charge in [-0.15, -0.1) is 6.58 Å². The van der Waals surface area contributed by atoms with E-state index in [1.165, 1.54) is 12.1 Å². The predicted molar refractivity (Wildman–Crippen MR) is 91.5 cm³/mol. The first-order chi connectivity index (χ1) is 11.3. The number of hydrogen-bond acceptors (Lipinski definition) is 3. The molecule has 0 aliphatic rings. The van der Waals surface area contributed by atoms with E-state index in [9.17, 15) is 4.39 Å². The zero-order valence-corrected chi connectivity index (χ0v) is 12.5. The highest BCUT2D eigenvalue weighted by Gasteiger charge is 2.08. The lowest BCUT2D eigenvalue weighted by molar-refractivity contribution is 0.628. The Hall–Kier alpha value is -3.01. The van der Waals surface area contributed by atoms with Gasteiger partial charge in [0.15, 0.2) is 5.82 Å². The summed E-state index contributed by atoms with van der Waals surface area (Å²) in [6, 6.07) is 17.9. The molecular weight excluding hydrogens is 289 g/mol. The van der Waals surface area contributed by atoms with E-state index < -0.39 is 0 Å². The van der Waals surface area contributed by atoms with E-state index >= 15 is 0 Å². The van der Waals surface area contributed by atoms with E-state index in [0.29, 0.717) is 18.2 Å². The van der Waals surface area contributed by atoms with Crippen molar-refractivity contribution in [2.45, 2.75) is 0 Å². The minimum absolute atomic E-state index is 0.268. The monoisotopic (exact) mass is 305 g/mol. The number of nitrogens with zero attached hydrogens (tertiary/aromatic N) is 2. The number of rotatable bonds is 5. The van der Waals surface area contributed by atoms with Gasteiger partial charge in [-0.3, -0.25) is 0 Å². The number of benzene rings is 2. The van der Waals surface area contributed by atoms with Gasteiger partial charge < -0.3 is 5.32 Å². The number of aromatic nitrogens is 2. The highest BCUT2D eigenvalue weighted by atomic mass is 19.1. The Balaban J connectivity index is 2.07. The van der Waals surface area contributed by atoms with Crippen LogP contribution in [0, 0.1) is 5.82 Å². The number of anilines is 1. The Bertz CT molecular complexity index is 799. The molecule has 0 spiro atoms. The van der Waals surface area contributed by atoms with E-state index in [1.807, 2.05) is 36.4 Å². The van der Waals surface area contributed by atoms with Gasteiger partial charge in [0, 0.05) is 23.7 Å². The van der Waals surface area contributed by atoms with E-state index in [1.54, 1.807) is 18.2 Å². The van der Waals surface area contributed by atoms with Gasteiger partial charge in [0.25, 0.3) is 0 Å². The average Bonchev–Trinajstić information content (AvgIpc) is 2.61. The van der Waals surface area contributed by atoms with Crippen LogP contribution in [0.5, 0.6) is 0 Å². The summed E-state index contributed by atoms with van der Waals surface area (Å²) in [6.45, 7) is 4.30. The molecule has 1 heterocycles. The second-order valence-corrected chi connectivity index (χ2v) is 5.00. The van der Waals surface area contributed by atoms with Gasteiger partial charge in [0.1, 0.15) is 11.6 Å². The molecule has 2 aromatic carbocycles. The smallest absolute Gasteiger partial charge is 0.162 e. The van der Waals surface area contributed by atoms with Crippen molar-refractivity contribution in [3.8, 4) is 22.6 Å². The second-order valence-electron chi connectivity index (χ2n) is 5.00. The van der Waals surface area contributed by atoms with Gasteiger partial charge >= 0.3 is 0 Å². The van der Waals surface area contributed by atoms with Crippen molar-refractivity contribution in [2.75, 3.05) is 11.9 Å². The van der Waals surface area contributed by atoms with Crippen molar-refractivity contribution >= 4 is 5.82 Å². The van der Waals surface area contributed by atoms with Crippen LogP contribution in [0.1, 0.15) is 0 Å². The third-order valence-electron chi connectivity index (χ3n) is 3.33. The molecular formula is C19H16FN3. The summed E-state index contributed by atoms with van der Waals surface area (Å²) in [6.07, 6.45) is 1.77. The van der Waals surface area contributed by atoms with Crippen LogP contribution in [0.3, 0.4) is 0 Å². The first-order valence-corrected chi connectivity index (χ1v) is 7.31. The molecule has 3 rings (SSSR count). The van der Waals surface area contributed by atoms with Gasteiger partial charge in [-0.05, 0) is 24.3 Å². The standard InChI is InChI=1S/C19H16FN3/c1-2-12-21-18-13-17(14-8-10-16(20)11-9-14)22-19(23-18)15-6-4-3-5-7-15/h2-11,13H,1,12H2,(H,21,22,23). The summed E-state index contributed by atoms with van der Waals surface area (Å²) in [4.78, 5) is 9.15. The van der Waals surface area contributed by atoms with E-state index in [-0.39, 0.29) is 5.82 Å². The molecule has 1 N–H and O–H groups in total. The Labute approximate surface area is 134 Å². The maximum absolute atomic E-state index is 13.1. The van der Waals surface area contributed by atoms with Crippen molar-refractivity contribution in [3.05, 3.63) is 79.1 Å². The first-order valence-electron chi connectivity index (χ1n) is 7.31. The Kier molecular flexibility index (Phi) is 4.43. The summed E-state index contributed by atoms with van der Waals surface area (Å²) < 4.78 is 13.1.